The van der Waals surface area contributed by atoms with E-state index in [1.807, 2.05) is 29.3 Å². The van der Waals surface area contributed by atoms with E-state index in [1.165, 1.54) is 16.0 Å². The Morgan fingerprint density at radius 3 is 2.30 bits per heavy atom. The first-order chi connectivity index (χ1) is 23.9. The summed E-state index contributed by atoms with van der Waals surface area (Å²) < 4.78 is 13.3. The average molecular weight is 684 g/mol. The van der Waals surface area contributed by atoms with Gasteiger partial charge >= 0.3 is 6.09 Å². The van der Waals surface area contributed by atoms with Gasteiger partial charge in [-0.1, -0.05) is 12.1 Å². The summed E-state index contributed by atoms with van der Waals surface area (Å²) in [5.41, 5.74) is 5.33. The summed E-state index contributed by atoms with van der Waals surface area (Å²) in [6, 6.07) is 10.8. The Bertz CT molecular complexity index is 1690. The van der Waals surface area contributed by atoms with Crippen LogP contribution >= 0.6 is 0 Å². The quantitative estimate of drug-likeness (QED) is 0.272. The molecule has 8 rings (SSSR count). The molecule has 2 bridgehead atoms. The largest absolute Gasteiger partial charge is 0.496 e. The second kappa shape index (κ2) is 13.3. The Kier molecular flexibility index (Phi) is 9.20. The number of benzene rings is 1. The van der Waals surface area contributed by atoms with Crippen molar-refractivity contribution in [3.8, 4) is 17.0 Å². The number of carbonyl (C=O) groups excluding carboxylic acids is 2. The van der Waals surface area contributed by atoms with Gasteiger partial charge in [0.1, 0.15) is 11.9 Å². The van der Waals surface area contributed by atoms with Crippen molar-refractivity contribution in [3.05, 3.63) is 60.0 Å². The number of hydrogen-bond acceptors (Lipinski definition) is 7. The van der Waals surface area contributed by atoms with Gasteiger partial charge in [-0.2, -0.15) is 5.10 Å². The van der Waals surface area contributed by atoms with Crippen LogP contribution in [0.15, 0.2) is 48.9 Å². The monoisotopic (exact) mass is 683 g/mol. The van der Waals surface area contributed by atoms with Gasteiger partial charge in [-0.15, -0.1) is 0 Å². The molecule has 3 heterocycles. The standard InChI is InChI=1S/C40H53N5O5/c1-27-20-30(8-11-35(27)49-5)40-16-13-39(14-17-40,15-18-40)26-44(31-12-19-41-34(21-31)29-22-42-45(23-29)38(2,3)4)36(47)28-6-9-33(10-7-28)50-37(48)43-24-32(46)25-43/h8,11-12,19-23,28,32-33,46H,6-7,9-10,13-18,24-26H2,1-5H3. The molecule has 0 atom stereocenters. The fourth-order valence-electron chi connectivity index (χ4n) is 8.81. The van der Waals surface area contributed by atoms with Crippen molar-refractivity contribution >= 4 is 17.7 Å². The Labute approximate surface area is 296 Å². The van der Waals surface area contributed by atoms with E-state index >= 15 is 0 Å². The molecule has 50 heavy (non-hydrogen) atoms. The fraction of sp³-hybridized carbons (Fsp3) is 0.600. The van der Waals surface area contributed by atoms with E-state index in [2.05, 4.69) is 62.0 Å². The molecular weight excluding hydrogens is 630 g/mol. The van der Waals surface area contributed by atoms with Crippen molar-refractivity contribution in [2.45, 2.75) is 115 Å². The molecule has 1 saturated heterocycles. The van der Waals surface area contributed by atoms with Crippen molar-refractivity contribution in [3.63, 3.8) is 0 Å². The maximum Gasteiger partial charge on any atom is 0.410 e. The number of methoxy groups -OCH3 is 1. The Morgan fingerprint density at radius 1 is 1.00 bits per heavy atom. The van der Waals surface area contributed by atoms with Gasteiger partial charge in [0.25, 0.3) is 0 Å². The lowest BCUT2D eigenvalue weighted by molar-refractivity contribution is -0.124. The lowest BCUT2D eigenvalue weighted by Crippen LogP contribution is -2.54. The third-order valence-electron chi connectivity index (χ3n) is 12.2. The van der Waals surface area contributed by atoms with Crippen LogP contribution in [0.25, 0.3) is 11.3 Å². The summed E-state index contributed by atoms with van der Waals surface area (Å²) in [4.78, 5) is 35.5. The van der Waals surface area contributed by atoms with Crippen LogP contribution in [-0.2, 0) is 20.5 Å². The van der Waals surface area contributed by atoms with Crippen molar-refractivity contribution in [2.75, 3.05) is 31.6 Å². The first-order valence-electron chi connectivity index (χ1n) is 18.5. The Hall–Kier alpha value is -3.92. The maximum atomic E-state index is 14.7. The molecule has 4 aliphatic carbocycles. The van der Waals surface area contributed by atoms with Crippen molar-refractivity contribution in [1.29, 1.82) is 0 Å². The second-order valence-electron chi connectivity index (χ2n) is 16.5. The SMILES string of the molecule is COc1ccc(C23CCC(CN(C(=O)C4CCC(OC(=O)N5CC(O)C5)CC4)c4ccnc(-c5cnn(C(C)(C)C)c5)c4)(CC2)CC3)cc1C. The third kappa shape index (κ3) is 6.75. The number of hydrogen-bond donors (Lipinski definition) is 1. The zero-order valence-corrected chi connectivity index (χ0v) is 30.4. The molecule has 0 unspecified atom stereocenters. The average Bonchev–Trinajstić information content (AvgIpc) is 3.62. The van der Waals surface area contributed by atoms with Gasteiger partial charge < -0.3 is 24.4 Å². The van der Waals surface area contributed by atoms with Crippen LogP contribution in [0.1, 0.15) is 96.1 Å². The van der Waals surface area contributed by atoms with Crippen LogP contribution in [0.4, 0.5) is 10.5 Å². The summed E-state index contributed by atoms with van der Waals surface area (Å²) in [5, 5.41) is 14.2. The number of aryl methyl sites for hydroxylation is 1. The van der Waals surface area contributed by atoms with Gasteiger partial charge in [0.05, 0.1) is 43.7 Å². The molecule has 1 aliphatic heterocycles. The van der Waals surface area contributed by atoms with Crippen LogP contribution in [0.2, 0.25) is 0 Å². The minimum Gasteiger partial charge on any atom is -0.496 e. The highest BCUT2D eigenvalue weighted by molar-refractivity contribution is 5.95. The van der Waals surface area contributed by atoms with Crippen LogP contribution in [0.3, 0.4) is 0 Å². The molecular formula is C40H53N5O5. The minimum atomic E-state index is -0.457. The van der Waals surface area contributed by atoms with E-state index in [0.29, 0.717) is 45.3 Å². The molecule has 10 nitrogen and oxygen atoms in total. The molecule has 3 aromatic rings. The first kappa shape index (κ1) is 34.5. The predicted octanol–water partition coefficient (Wildman–Crippen LogP) is 7.01. The molecule has 1 aromatic carbocycles. The van der Waals surface area contributed by atoms with Crippen molar-refractivity contribution in [1.82, 2.24) is 19.7 Å². The summed E-state index contributed by atoms with van der Waals surface area (Å²) in [7, 11) is 1.73. The normalized spacial score (nSPS) is 26.7. The van der Waals surface area contributed by atoms with Gasteiger partial charge in [0.2, 0.25) is 5.91 Å². The molecule has 0 radical (unpaired) electrons. The topological polar surface area (TPSA) is 110 Å². The summed E-state index contributed by atoms with van der Waals surface area (Å²) in [5.74, 6) is 0.956. The highest BCUT2D eigenvalue weighted by atomic mass is 16.6. The zero-order chi connectivity index (χ0) is 35.3. The van der Waals surface area contributed by atoms with E-state index in [4.69, 9.17) is 14.5 Å². The number of nitrogens with zero attached hydrogens (tertiary/aromatic N) is 5. The highest BCUT2D eigenvalue weighted by Gasteiger charge is 2.51. The van der Waals surface area contributed by atoms with Gasteiger partial charge in [0, 0.05) is 36.1 Å². The molecule has 2 aromatic heterocycles. The fourth-order valence-corrected chi connectivity index (χ4v) is 8.81. The van der Waals surface area contributed by atoms with Gasteiger partial charge in [0.15, 0.2) is 0 Å². The lowest BCUT2D eigenvalue weighted by atomic mass is 9.51. The van der Waals surface area contributed by atoms with Crippen molar-refractivity contribution in [2.24, 2.45) is 11.3 Å². The second-order valence-corrected chi connectivity index (χ2v) is 16.5. The number of pyridine rings is 1. The number of fused-ring (bicyclic) bond motifs is 3. The lowest BCUT2D eigenvalue weighted by Gasteiger charge is -2.55. The molecule has 2 amide bonds. The van der Waals surface area contributed by atoms with E-state index in [-0.39, 0.29) is 40.4 Å². The molecule has 10 heteroatoms. The van der Waals surface area contributed by atoms with Crippen LogP contribution in [0, 0.1) is 18.3 Å². The zero-order valence-electron chi connectivity index (χ0n) is 30.4. The van der Waals surface area contributed by atoms with E-state index in [1.54, 1.807) is 7.11 Å². The van der Waals surface area contributed by atoms with Gasteiger partial charge in [-0.3, -0.25) is 14.5 Å². The number of amides is 2. The first-order valence-corrected chi connectivity index (χ1v) is 18.5. The minimum absolute atomic E-state index is 0.0635. The van der Waals surface area contributed by atoms with E-state index in [9.17, 15) is 14.7 Å². The summed E-state index contributed by atoms with van der Waals surface area (Å²) in [6.07, 6.45) is 14.0. The summed E-state index contributed by atoms with van der Waals surface area (Å²) in [6.45, 7) is 9.85. The molecule has 5 fully saturated rings. The smallest absolute Gasteiger partial charge is 0.410 e. The Balaban J connectivity index is 1.10. The third-order valence-corrected chi connectivity index (χ3v) is 12.2. The van der Waals surface area contributed by atoms with E-state index in [0.717, 1.165) is 61.2 Å². The highest BCUT2D eigenvalue weighted by Crippen LogP contribution is 2.58. The molecule has 268 valence electrons. The predicted molar refractivity (Wildman–Crippen MR) is 192 cm³/mol. The summed E-state index contributed by atoms with van der Waals surface area (Å²) >= 11 is 0. The number of β-amino-alcohol motifs (C(OH)–C–C–N with tert-alkyl or cyclic N) is 1. The van der Waals surface area contributed by atoms with Crippen LogP contribution < -0.4 is 9.64 Å². The van der Waals surface area contributed by atoms with Crippen LogP contribution in [0.5, 0.6) is 5.75 Å². The Morgan fingerprint density at radius 2 is 1.70 bits per heavy atom. The number of likely N-dealkylation sites (tertiary alicyclic amines) is 1. The maximum absolute atomic E-state index is 14.7. The molecule has 1 N–H and O–H groups in total. The molecule has 0 spiro atoms. The number of aliphatic hydroxyl groups is 1. The number of carbonyl (C=O) groups is 2. The number of rotatable bonds is 8. The molecule has 5 aliphatic rings. The van der Waals surface area contributed by atoms with Crippen LogP contribution in [-0.4, -0.2) is 75.7 Å². The number of ether oxygens (including phenoxy) is 2. The molecule has 4 saturated carbocycles. The van der Waals surface area contributed by atoms with E-state index < -0.39 is 6.10 Å². The number of aromatic nitrogens is 3. The van der Waals surface area contributed by atoms with Crippen molar-refractivity contribution < 1.29 is 24.2 Å². The van der Waals surface area contributed by atoms with Gasteiger partial charge in [-0.05, 0) is 132 Å². The number of anilines is 1. The van der Waals surface area contributed by atoms with Gasteiger partial charge in [-0.25, -0.2) is 4.79 Å². The number of aliphatic hydroxyl groups excluding tert-OH is 1.